The Hall–Kier alpha value is -4.37. The number of nitrogens with one attached hydrogen (secondary N) is 1. The molecule has 30 heavy (non-hydrogen) atoms. The van der Waals surface area contributed by atoms with Gasteiger partial charge in [-0.1, -0.05) is 36.4 Å². The second kappa shape index (κ2) is 8.76. The number of aromatic nitrogens is 2. The van der Waals surface area contributed by atoms with E-state index < -0.39 is 0 Å². The summed E-state index contributed by atoms with van der Waals surface area (Å²) in [6.07, 6.45) is 1.74. The Kier molecular flexibility index (Phi) is 5.54. The van der Waals surface area contributed by atoms with Crippen LogP contribution in [-0.2, 0) is 0 Å². The van der Waals surface area contributed by atoms with Gasteiger partial charge in [0.2, 0.25) is 0 Å². The molecule has 0 aliphatic rings. The Morgan fingerprint density at radius 1 is 1.00 bits per heavy atom. The summed E-state index contributed by atoms with van der Waals surface area (Å²) in [5.41, 5.74) is 3.95. The number of ether oxygens (including phenoxy) is 1. The first-order valence-corrected chi connectivity index (χ1v) is 9.35. The summed E-state index contributed by atoms with van der Waals surface area (Å²) < 4.78 is 7.03. The molecule has 4 rings (SSSR count). The number of nitrogens with zero attached hydrogens (tertiary/aromatic N) is 3. The molecule has 0 aliphatic heterocycles. The van der Waals surface area contributed by atoms with Crippen LogP contribution in [0.5, 0.6) is 5.75 Å². The normalized spacial score (nSPS) is 10.2. The van der Waals surface area contributed by atoms with Crippen LogP contribution in [0.4, 0.5) is 5.69 Å². The van der Waals surface area contributed by atoms with Crippen LogP contribution in [0.3, 0.4) is 0 Å². The fraction of sp³-hybridized carbons (Fsp3) is 0.0417. The lowest BCUT2D eigenvalue weighted by Crippen LogP contribution is -2.12. The number of hydrogen-bond donors (Lipinski definition) is 1. The highest BCUT2D eigenvalue weighted by atomic mass is 16.5. The Balaban J connectivity index is 1.54. The molecule has 1 heterocycles. The molecule has 0 unspecified atom stereocenters. The van der Waals surface area contributed by atoms with Crippen LogP contribution < -0.4 is 10.1 Å². The Morgan fingerprint density at radius 3 is 2.57 bits per heavy atom. The molecule has 0 radical (unpaired) electrons. The molecule has 0 aliphatic carbocycles. The molecule has 1 aromatic heterocycles. The third-order valence-electron chi connectivity index (χ3n) is 4.48. The zero-order valence-electron chi connectivity index (χ0n) is 16.0. The molecule has 0 saturated heterocycles. The summed E-state index contributed by atoms with van der Waals surface area (Å²) in [7, 11) is 0. The van der Waals surface area contributed by atoms with Gasteiger partial charge in [-0.25, -0.2) is 4.68 Å². The molecule has 6 nitrogen and oxygen atoms in total. The van der Waals surface area contributed by atoms with E-state index in [9.17, 15) is 4.79 Å². The quantitative estimate of drug-likeness (QED) is 0.514. The van der Waals surface area contributed by atoms with Crippen molar-refractivity contribution >= 4 is 11.6 Å². The lowest BCUT2D eigenvalue weighted by molar-refractivity contribution is 0.102. The van der Waals surface area contributed by atoms with Gasteiger partial charge in [0.25, 0.3) is 5.91 Å². The van der Waals surface area contributed by atoms with Gasteiger partial charge in [0.15, 0.2) is 6.61 Å². The molecule has 6 heteroatoms. The van der Waals surface area contributed by atoms with E-state index in [4.69, 9.17) is 10.00 Å². The van der Waals surface area contributed by atoms with Gasteiger partial charge in [-0.15, -0.1) is 0 Å². The summed E-state index contributed by atoms with van der Waals surface area (Å²) in [6.45, 7) is -0.0170. The third-order valence-corrected chi connectivity index (χ3v) is 4.48. The van der Waals surface area contributed by atoms with E-state index in [2.05, 4.69) is 10.4 Å². The maximum Gasteiger partial charge on any atom is 0.255 e. The molecule has 0 bridgehead atoms. The minimum absolute atomic E-state index is 0.0170. The second-order valence-corrected chi connectivity index (χ2v) is 6.47. The number of carbonyl (C=O) groups excluding carboxylic acids is 1. The van der Waals surface area contributed by atoms with Crippen molar-refractivity contribution in [3.05, 3.63) is 96.7 Å². The van der Waals surface area contributed by atoms with Gasteiger partial charge in [0.05, 0.1) is 17.6 Å². The summed E-state index contributed by atoms with van der Waals surface area (Å²) in [4.78, 5) is 12.7. The molecule has 0 fully saturated rings. The Morgan fingerprint density at radius 2 is 1.80 bits per heavy atom. The van der Waals surface area contributed by atoms with Crippen molar-refractivity contribution < 1.29 is 9.53 Å². The summed E-state index contributed by atoms with van der Waals surface area (Å²) in [6, 6.07) is 28.0. The van der Waals surface area contributed by atoms with Crippen molar-refractivity contribution in [2.24, 2.45) is 0 Å². The van der Waals surface area contributed by atoms with Crippen LogP contribution >= 0.6 is 0 Å². The molecule has 1 N–H and O–H groups in total. The summed E-state index contributed by atoms with van der Waals surface area (Å²) in [5.74, 6) is 0.347. The average molecular weight is 394 g/mol. The largest absolute Gasteiger partial charge is 0.479 e. The van der Waals surface area contributed by atoms with Crippen LogP contribution in [-0.4, -0.2) is 22.3 Å². The van der Waals surface area contributed by atoms with E-state index in [1.165, 1.54) is 0 Å². The van der Waals surface area contributed by atoms with Crippen LogP contribution in [0.15, 0.2) is 91.1 Å². The number of benzene rings is 3. The monoisotopic (exact) mass is 394 g/mol. The van der Waals surface area contributed by atoms with Crippen molar-refractivity contribution in [2.75, 3.05) is 11.9 Å². The molecule has 0 atom stereocenters. The van der Waals surface area contributed by atoms with Crippen molar-refractivity contribution in [1.29, 1.82) is 5.26 Å². The van der Waals surface area contributed by atoms with Gasteiger partial charge in [-0.05, 0) is 48.5 Å². The molecule has 4 aromatic rings. The number of anilines is 1. The fourth-order valence-electron chi connectivity index (χ4n) is 3.07. The fourth-order valence-corrected chi connectivity index (χ4v) is 3.07. The van der Waals surface area contributed by atoms with Crippen LogP contribution in [0.1, 0.15) is 10.4 Å². The zero-order chi connectivity index (χ0) is 20.8. The highest BCUT2D eigenvalue weighted by Crippen LogP contribution is 2.23. The number of rotatable bonds is 6. The van der Waals surface area contributed by atoms with E-state index in [1.807, 2.05) is 59.3 Å². The highest BCUT2D eigenvalue weighted by molar-refractivity contribution is 6.04. The van der Waals surface area contributed by atoms with Crippen molar-refractivity contribution in [1.82, 2.24) is 9.78 Å². The molecular weight excluding hydrogens is 376 g/mol. The van der Waals surface area contributed by atoms with Crippen molar-refractivity contribution in [2.45, 2.75) is 0 Å². The first-order valence-electron chi connectivity index (χ1n) is 9.35. The van der Waals surface area contributed by atoms with Crippen molar-refractivity contribution in [3.8, 4) is 28.8 Å². The maximum absolute atomic E-state index is 12.7. The number of nitriles is 1. The molecule has 1 amide bonds. The van der Waals surface area contributed by atoms with Gasteiger partial charge in [-0.3, -0.25) is 4.79 Å². The number of carbonyl (C=O) groups is 1. The Bertz CT molecular complexity index is 1190. The minimum Gasteiger partial charge on any atom is -0.479 e. The lowest BCUT2D eigenvalue weighted by atomic mass is 10.1. The lowest BCUT2D eigenvalue weighted by Gasteiger charge is -2.10. The standard InChI is InChI=1S/C24H18N4O2/c25-14-16-30-22-11-9-20(10-12-22)27-24(29)19-7-4-8-21(17-19)28-23(13-15-26-28)18-5-2-1-3-6-18/h1-13,15,17H,16H2,(H,27,29). The van der Waals surface area contributed by atoms with E-state index in [-0.39, 0.29) is 12.5 Å². The first kappa shape index (κ1) is 19.0. The number of hydrogen-bond acceptors (Lipinski definition) is 4. The maximum atomic E-state index is 12.7. The molecule has 3 aromatic carbocycles. The van der Waals surface area contributed by atoms with Crippen LogP contribution in [0, 0.1) is 11.3 Å². The van der Waals surface area contributed by atoms with E-state index in [0.717, 1.165) is 16.9 Å². The van der Waals surface area contributed by atoms with Gasteiger partial charge in [-0.2, -0.15) is 10.4 Å². The predicted molar refractivity (Wildman–Crippen MR) is 115 cm³/mol. The zero-order valence-corrected chi connectivity index (χ0v) is 16.0. The second-order valence-electron chi connectivity index (χ2n) is 6.47. The topological polar surface area (TPSA) is 79.9 Å². The van der Waals surface area contributed by atoms with E-state index in [0.29, 0.717) is 17.0 Å². The first-order chi connectivity index (χ1) is 14.7. The van der Waals surface area contributed by atoms with Gasteiger partial charge in [0, 0.05) is 16.8 Å². The predicted octanol–water partition coefficient (Wildman–Crippen LogP) is 4.69. The molecule has 146 valence electrons. The van der Waals surface area contributed by atoms with Crippen LogP contribution in [0.25, 0.3) is 16.9 Å². The van der Waals surface area contributed by atoms with Gasteiger partial charge in [0.1, 0.15) is 11.8 Å². The SMILES string of the molecule is N#CCOc1ccc(NC(=O)c2cccc(-n3nccc3-c3ccccc3)c2)cc1. The van der Waals surface area contributed by atoms with Crippen molar-refractivity contribution in [3.63, 3.8) is 0 Å². The Labute approximate surface area is 174 Å². The minimum atomic E-state index is -0.226. The summed E-state index contributed by atoms with van der Waals surface area (Å²) in [5, 5.41) is 15.9. The highest BCUT2D eigenvalue weighted by Gasteiger charge is 2.11. The van der Waals surface area contributed by atoms with E-state index >= 15 is 0 Å². The van der Waals surface area contributed by atoms with Gasteiger partial charge >= 0.3 is 0 Å². The van der Waals surface area contributed by atoms with E-state index in [1.54, 1.807) is 42.6 Å². The average Bonchev–Trinajstić information content (AvgIpc) is 3.29. The molecule has 0 saturated carbocycles. The van der Waals surface area contributed by atoms with Gasteiger partial charge < -0.3 is 10.1 Å². The number of amides is 1. The molecular formula is C24H18N4O2. The summed E-state index contributed by atoms with van der Waals surface area (Å²) >= 11 is 0. The van der Waals surface area contributed by atoms with Crippen LogP contribution in [0.2, 0.25) is 0 Å². The smallest absolute Gasteiger partial charge is 0.255 e. The molecule has 0 spiro atoms. The third kappa shape index (κ3) is 4.21.